The van der Waals surface area contributed by atoms with Gasteiger partial charge < -0.3 is 19.8 Å². The fourth-order valence-corrected chi connectivity index (χ4v) is 5.90. The molecule has 174 valence electrons. The summed E-state index contributed by atoms with van der Waals surface area (Å²) < 4.78 is 12.2. The molecule has 1 aliphatic carbocycles. The van der Waals surface area contributed by atoms with Gasteiger partial charge in [0.15, 0.2) is 5.78 Å². The van der Waals surface area contributed by atoms with E-state index < -0.39 is 5.41 Å². The van der Waals surface area contributed by atoms with Gasteiger partial charge in [-0.2, -0.15) is 5.26 Å². The number of benzene rings is 2. The van der Waals surface area contributed by atoms with E-state index in [1.54, 1.807) is 6.07 Å². The summed E-state index contributed by atoms with van der Waals surface area (Å²) in [7, 11) is 0. The second kappa shape index (κ2) is 7.97. The van der Waals surface area contributed by atoms with Crippen LogP contribution in [0.1, 0.15) is 59.4 Å². The highest BCUT2D eigenvalue weighted by atomic mass is 16.5. The molecular weight excluding hydrogens is 426 g/mol. The second-order valence-electron chi connectivity index (χ2n) is 10.4. The number of nitriles is 1. The monoisotopic (exact) mass is 455 g/mol. The minimum atomic E-state index is -0.409. The summed E-state index contributed by atoms with van der Waals surface area (Å²) in [6.07, 6.45) is 2.35. The molecule has 1 aromatic heterocycles. The number of rotatable bonds is 4. The standard InChI is InChI=1S/C28H29N3O3/c1-28(2)22-12-19(34-26(18-14-33-15-18)17-7-9-30-10-8-17)4-6-20(22)25(32)24-21-5-3-16(13-29)11-23(21)31-27(24)28/h3-6,11-12,17-18,26,30-31H,7-10,14-15H2,1-2H3. The molecule has 2 aliphatic heterocycles. The van der Waals surface area contributed by atoms with Crippen LogP contribution in [0, 0.1) is 23.2 Å². The Bertz CT molecular complexity index is 1320. The van der Waals surface area contributed by atoms with Gasteiger partial charge in [-0.05, 0) is 67.7 Å². The van der Waals surface area contributed by atoms with Gasteiger partial charge in [0, 0.05) is 33.5 Å². The maximum atomic E-state index is 13.6. The summed E-state index contributed by atoms with van der Waals surface area (Å²) in [5.74, 6) is 1.77. The van der Waals surface area contributed by atoms with Gasteiger partial charge in [0.25, 0.3) is 0 Å². The smallest absolute Gasteiger partial charge is 0.195 e. The van der Waals surface area contributed by atoms with Crippen molar-refractivity contribution < 1.29 is 14.3 Å². The molecule has 6 rings (SSSR count). The van der Waals surface area contributed by atoms with Crippen molar-refractivity contribution in [2.24, 2.45) is 11.8 Å². The predicted molar refractivity (Wildman–Crippen MR) is 129 cm³/mol. The van der Waals surface area contributed by atoms with Crippen LogP contribution in [-0.2, 0) is 10.2 Å². The van der Waals surface area contributed by atoms with Crippen LogP contribution in [-0.4, -0.2) is 43.2 Å². The van der Waals surface area contributed by atoms with Crippen LogP contribution in [0.4, 0.5) is 0 Å². The Balaban J connectivity index is 1.38. The number of aromatic amines is 1. The molecule has 34 heavy (non-hydrogen) atoms. The first-order chi connectivity index (χ1) is 16.5. The zero-order valence-corrected chi connectivity index (χ0v) is 19.6. The van der Waals surface area contributed by atoms with Crippen molar-refractivity contribution in [3.8, 4) is 11.8 Å². The molecule has 0 spiro atoms. The van der Waals surface area contributed by atoms with E-state index in [9.17, 15) is 10.1 Å². The molecule has 0 saturated carbocycles. The first-order valence-electron chi connectivity index (χ1n) is 12.2. The molecule has 6 heteroatoms. The summed E-state index contributed by atoms with van der Waals surface area (Å²) in [6.45, 7) is 7.86. The Morgan fingerprint density at radius 3 is 2.62 bits per heavy atom. The van der Waals surface area contributed by atoms with E-state index in [4.69, 9.17) is 9.47 Å². The van der Waals surface area contributed by atoms with E-state index in [1.807, 2.05) is 24.3 Å². The zero-order valence-electron chi connectivity index (χ0n) is 19.6. The molecule has 3 aromatic rings. The molecule has 6 nitrogen and oxygen atoms in total. The van der Waals surface area contributed by atoms with Gasteiger partial charge >= 0.3 is 0 Å². The van der Waals surface area contributed by atoms with E-state index in [0.717, 1.165) is 72.6 Å². The van der Waals surface area contributed by atoms with E-state index in [1.165, 1.54) is 0 Å². The molecule has 3 heterocycles. The van der Waals surface area contributed by atoms with Gasteiger partial charge in [-0.15, -0.1) is 0 Å². The Kier molecular flexibility index (Phi) is 5.02. The first-order valence-corrected chi connectivity index (χ1v) is 12.2. The molecule has 1 unspecified atom stereocenters. The lowest BCUT2D eigenvalue weighted by Crippen LogP contribution is -2.48. The van der Waals surface area contributed by atoms with Gasteiger partial charge in [-0.3, -0.25) is 4.79 Å². The molecule has 3 aliphatic rings. The SMILES string of the molecule is CC1(C)c2cc(OC(C3CCNCC3)C3COC3)ccc2C(=O)c2c1[nH]c1cc(C#N)ccc21. The second-order valence-corrected chi connectivity index (χ2v) is 10.4. The summed E-state index contributed by atoms with van der Waals surface area (Å²) in [4.78, 5) is 17.1. The lowest BCUT2D eigenvalue weighted by atomic mass is 9.71. The maximum Gasteiger partial charge on any atom is 0.195 e. The van der Waals surface area contributed by atoms with Crippen LogP contribution in [0.5, 0.6) is 5.75 Å². The number of carbonyl (C=O) groups is 1. The third-order valence-electron chi connectivity index (χ3n) is 7.94. The molecule has 0 bridgehead atoms. The average molecular weight is 456 g/mol. The third-order valence-corrected chi connectivity index (χ3v) is 7.94. The lowest BCUT2D eigenvalue weighted by Gasteiger charge is -2.40. The summed E-state index contributed by atoms with van der Waals surface area (Å²) in [5.41, 5.74) is 4.30. The number of hydrogen-bond donors (Lipinski definition) is 2. The van der Waals surface area contributed by atoms with Crippen molar-refractivity contribution in [1.29, 1.82) is 5.26 Å². The van der Waals surface area contributed by atoms with Crippen molar-refractivity contribution in [2.45, 2.75) is 38.2 Å². The largest absolute Gasteiger partial charge is 0.490 e. The zero-order chi connectivity index (χ0) is 23.4. The van der Waals surface area contributed by atoms with Crippen molar-refractivity contribution in [1.82, 2.24) is 10.3 Å². The summed E-state index contributed by atoms with van der Waals surface area (Å²) in [5, 5.41) is 13.6. The Hall–Kier alpha value is -3.14. The molecule has 1 atom stereocenters. The minimum absolute atomic E-state index is 0.0223. The highest BCUT2D eigenvalue weighted by molar-refractivity contribution is 6.20. The highest BCUT2D eigenvalue weighted by Crippen LogP contribution is 2.45. The topological polar surface area (TPSA) is 87.1 Å². The molecule has 2 fully saturated rings. The molecule has 2 saturated heterocycles. The van der Waals surface area contributed by atoms with Gasteiger partial charge in [0.05, 0.1) is 30.4 Å². The number of hydrogen-bond acceptors (Lipinski definition) is 5. The predicted octanol–water partition coefficient (Wildman–Crippen LogP) is 4.30. The fourth-order valence-electron chi connectivity index (χ4n) is 5.90. The van der Waals surface area contributed by atoms with Crippen LogP contribution >= 0.6 is 0 Å². The third kappa shape index (κ3) is 3.26. The van der Waals surface area contributed by atoms with Crippen LogP contribution in [0.2, 0.25) is 0 Å². The molecule has 2 N–H and O–H groups in total. The van der Waals surface area contributed by atoms with Gasteiger partial charge in [-0.1, -0.05) is 19.9 Å². The van der Waals surface area contributed by atoms with Crippen molar-refractivity contribution in [3.63, 3.8) is 0 Å². The van der Waals surface area contributed by atoms with Crippen LogP contribution < -0.4 is 10.1 Å². The molecule has 0 radical (unpaired) electrons. The number of ketones is 1. The van der Waals surface area contributed by atoms with Gasteiger partial charge in [-0.25, -0.2) is 0 Å². The number of carbonyl (C=O) groups excluding carboxylic acids is 1. The van der Waals surface area contributed by atoms with Crippen LogP contribution in [0.15, 0.2) is 36.4 Å². The molecular formula is C28H29N3O3. The number of ether oxygens (including phenoxy) is 2. The Morgan fingerprint density at radius 1 is 1.12 bits per heavy atom. The molecule has 2 aromatic carbocycles. The van der Waals surface area contributed by atoms with Gasteiger partial charge in [0.1, 0.15) is 11.9 Å². The summed E-state index contributed by atoms with van der Waals surface area (Å²) >= 11 is 0. The highest BCUT2D eigenvalue weighted by Gasteiger charge is 2.41. The van der Waals surface area contributed by atoms with E-state index in [2.05, 4.69) is 36.3 Å². The normalized spacial score (nSPS) is 20.8. The Labute approximate surface area is 199 Å². The lowest BCUT2D eigenvalue weighted by molar-refractivity contribution is -0.102. The number of nitrogens with zero attached hydrogens (tertiary/aromatic N) is 1. The van der Waals surface area contributed by atoms with Crippen molar-refractivity contribution >= 4 is 16.7 Å². The first kappa shape index (κ1) is 21.4. The summed E-state index contributed by atoms with van der Waals surface area (Å²) in [6, 6.07) is 13.6. The van der Waals surface area contributed by atoms with E-state index in [-0.39, 0.29) is 11.9 Å². The average Bonchev–Trinajstić information content (AvgIpc) is 3.22. The van der Waals surface area contributed by atoms with Gasteiger partial charge in [0.2, 0.25) is 0 Å². The van der Waals surface area contributed by atoms with Crippen molar-refractivity contribution in [3.05, 3.63) is 64.3 Å². The Morgan fingerprint density at radius 2 is 1.91 bits per heavy atom. The maximum absolute atomic E-state index is 13.6. The number of fused-ring (bicyclic) bond motifs is 4. The number of H-pyrrole nitrogens is 1. The van der Waals surface area contributed by atoms with Crippen molar-refractivity contribution in [2.75, 3.05) is 26.3 Å². The number of nitrogens with one attached hydrogen (secondary N) is 2. The van der Waals surface area contributed by atoms with Crippen LogP contribution in [0.3, 0.4) is 0 Å². The number of aromatic nitrogens is 1. The molecule has 0 amide bonds. The quantitative estimate of drug-likeness (QED) is 0.612. The van der Waals surface area contributed by atoms with E-state index >= 15 is 0 Å². The number of piperidine rings is 1. The minimum Gasteiger partial charge on any atom is -0.490 e. The fraction of sp³-hybridized carbons (Fsp3) is 0.429. The van der Waals surface area contributed by atoms with Crippen LogP contribution in [0.25, 0.3) is 10.9 Å². The van der Waals surface area contributed by atoms with E-state index in [0.29, 0.717) is 23.0 Å².